The quantitative estimate of drug-likeness (QED) is 0.147. The standard InChI is InChI=1S/C68H36F3N9/c69-68(70,71)50-24-27-55(64(36-50)80-60-18-10-8-16-54(60)57-34-46(22-29-63(57)80)52-26-20-42(38-73)32-49(52)40-75)58-35-47(67-77-65(43-11-3-1-4-12-43)76-66(78-67)44-13-5-2-6-14-44)23-30-62(58)79-59-17-9-7-15-53(59)56-33-45(21-28-61(56)79)51-25-19-41(37-72)31-48(51)39-74/h1-36H. The minimum atomic E-state index is -4.73. The van der Waals surface area contributed by atoms with Crippen molar-refractivity contribution in [3.8, 4) is 103 Å². The Kier molecular flexibility index (Phi) is 11.6. The third-order valence-electron chi connectivity index (χ3n) is 14.6. The van der Waals surface area contributed by atoms with Crippen LogP contribution in [-0.2, 0) is 6.18 Å². The molecular formula is C68H36F3N9. The van der Waals surface area contributed by atoms with Gasteiger partial charge in [-0.05, 0) is 113 Å². The van der Waals surface area contributed by atoms with Gasteiger partial charge in [0.1, 0.15) is 0 Å². The van der Waals surface area contributed by atoms with Crippen LogP contribution < -0.4 is 0 Å². The van der Waals surface area contributed by atoms with E-state index in [1.54, 1.807) is 36.4 Å². The maximum absolute atomic E-state index is 15.4. The topological polar surface area (TPSA) is 144 Å². The van der Waals surface area contributed by atoms with E-state index in [9.17, 15) is 21.0 Å². The Balaban J connectivity index is 1.11. The zero-order valence-corrected chi connectivity index (χ0v) is 41.9. The molecule has 0 aliphatic heterocycles. The maximum Gasteiger partial charge on any atom is 0.416 e. The monoisotopic (exact) mass is 1040 g/mol. The summed E-state index contributed by atoms with van der Waals surface area (Å²) in [5.41, 5.74) is 10.1. The SMILES string of the molecule is N#Cc1ccc(-c2ccc3c(c2)c2ccccc2n3-c2ccc(-c3nc(-c4ccccc4)nc(-c4ccccc4)n3)cc2-c2ccc(C(F)(F)F)cc2-n2c3ccccc3c3cc(-c4ccc(C#N)cc4C#N)ccc32)c(C#N)c1. The number of hydrogen-bond donors (Lipinski definition) is 0. The lowest BCUT2D eigenvalue weighted by atomic mass is 9.96. The Morgan fingerprint density at radius 3 is 1.25 bits per heavy atom. The van der Waals surface area contributed by atoms with Gasteiger partial charge in [0.25, 0.3) is 0 Å². The van der Waals surface area contributed by atoms with E-state index >= 15 is 13.2 Å². The average molecular weight is 1040 g/mol. The Labute approximate surface area is 455 Å². The van der Waals surface area contributed by atoms with Crippen LogP contribution in [0.2, 0.25) is 0 Å². The number of fused-ring (bicyclic) bond motifs is 6. The summed E-state index contributed by atoms with van der Waals surface area (Å²) in [6.45, 7) is 0. The highest BCUT2D eigenvalue weighted by Crippen LogP contribution is 2.45. The molecule has 0 radical (unpaired) electrons. The van der Waals surface area contributed by atoms with Crippen LogP contribution in [0.1, 0.15) is 27.8 Å². The van der Waals surface area contributed by atoms with Gasteiger partial charge in [0.2, 0.25) is 0 Å². The molecule has 0 unspecified atom stereocenters. The van der Waals surface area contributed by atoms with Gasteiger partial charge in [-0.1, -0.05) is 127 Å². The molecule has 374 valence electrons. The maximum atomic E-state index is 15.4. The fourth-order valence-corrected chi connectivity index (χ4v) is 10.9. The van der Waals surface area contributed by atoms with Crippen LogP contribution >= 0.6 is 0 Å². The van der Waals surface area contributed by atoms with Gasteiger partial charge in [-0.2, -0.15) is 34.2 Å². The largest absolute Gasteiger partial charge is 0.416 e. The molecule has 80 heavy (non-hydrogen) atoms. The molecule has 0 spiro atoms. The van der Waals surface area contributed by atoms with E-state index in [-0.39, 0.29) is 5.69 Å². The lowest BCUT2D eigenvalue weighted by Gasteiger charge is -2.21. The molecule has 12 heteroatoms. The molecule has 0 aliphatic carbocycles. The van der Waals surface area contributed by atoms with E-state index in [1.165, 1.54) is 12.1 Å². The predicted molar refractivity (Wildman–Crippen MR) is 305 cm³/mol. The highest BCUT2D eigenvalue weighted by atomic mass is 19.4. The van der Waals surface area contributed by atoms with Gasteiger partial charge in [-0.15, -0.1) is 0 Å². The fourth-order valence-electron chi connectivity index (χ4n) is 10.9. The second-order valence-electron chi connectivity index (χ2n) is 19.1. The van der Waals surface area contributed by atoms with Crippen LogP contribution in [0.4, 0.5) is 13.2 Å². The van der Waals surface area contributed by atoms with E-state index < -0.39 is 11.7 Å². The van der Waals surface area contributed by atoms with Gasteiger partial charge in [0.15, 0.2) is 17.5 Å². The predicted octanol–water partition coefficient (Wildman–Crippen LogP) is 16.6. The molecule has 3 aromatic heterocycles. The normalized spacial score (nSPS) is 11.4. The average Bonchev–Trinajstić information content (AvgIpc) is 4.13. The molecule has 13 aromatic rings. The van der Waals surface area contributed by atoms with E-state index in [1.807, 2.05) is 168 Å². The highest BCUT2D eigenvalue weighted by molar-refractivity contribution is 6.13. The van der Waals surface area contributed by atoms with Crippen molar-refractivity contribution in [2.24, 2.45) is 0 Å². The van der Waals surface area contributed by atoms with Crippen molar-refractivity contribution >= 4 is 43.6 Å². The Bertz CT molecular complexity index is 4820. The lowest BCUT2D eigenvalue weighted by Crippen LogP contribution is -2.08. The van der Waals surface area contributed by atoms with Crippen molar-refractivity contribution in [3.05, 3.63) is 246 Å². The van der Waals surface area contributed by atoms with Crippen molar-refractivity contribution in [1.29, 1.82) is 21.0 Å². The summed E-state index contributed by atoms with van der Waals surface area (Å²) in [4.78, 5) is 15.1. The molecule has 0 saturated heterocycles. The zero-order chi connectivity index (χ0) is 54.6. The summed E-state index contributed by atoms with van der Waals surface area (Å²) in [6.07, 6.45) is -4.73. The lowest BCUT2D eigenvalue weighted by molar-refractivity contribution is -0.137. The van der Waals surface area contributed by atoms with E-state index in [4.69, 9.17) is 15.0 Å². The summed E-state index contributed by atoms with van der Waals surface area (Å²) < 4.78 is 50.0. The first-order valence-electron chi connectivity index (χ1n) is 25.3. The first kappa shape index (κ1) is 48.2. The Morgan fingerprint density at radius 1 is 0.325 bits per heavy atom. The van der Waals surface area contributed by atoms with E-state index in [2.05, 4.69) is 28.8 Å². The molecule has 0 saturated carbocycles. The van der Waals surface area contributed by atoms with E-state index in [0.717, 1.165) is 55.3 Å². The number of alkyl halides is 3. The van der Waals surface area contributed by atoms with Crippen LogP contribution in [-0.4, -0.2) is 24.1 Å². The summed E-state index contributed by atoms with van der Waals surface area (Å²) in [5, 5.41) is 43.0. The van der Waals surface area contributed by atoms with Crippen LogP contribution in [0.5, 0.6) is 0 Å². The first-order chi connectivity index (χ1) is 39.1. The molecule has 0 atom stereocenters. The molecule has 0 fully saturated rings. The summed E-state index contributed by atoms with van der Waals surface area (Å²) in [7, 11) is 0. The molecule has 9 nitrogen and oxygen atoms in total. The fraction of sp³-hybridized carbons (Fsp3) is 0.0147. The molecule has 0 aliphatic rings. The molecule has 3 heterocycles. The summed E-state index contributed by atoms with van der Waals surface area (Å²) in [6, 6.07) is 74.6. The Morgan fingerprint density at radius 2 is 0.762 bits per heavy atom. The van der Waals surface area contributed by atoms with Gasteiger partial charge in [0, 0.05) is 49.4 Å². The van der Waals surface area contributed by atoms with Crippen LogP contribution in [0, 0.1) is 45.3 Å². The Hall–Kier alpha value is -11.4. The van der Waals surface area contributed by atoms with Gasteiger partial charge < -0.3 is 9.13 Å². The van der Waals surface area contributed by atoms with Crippen LogP contribution in [0.15, 0.2) is 218 Å². The van der Waals surface area contributed by atoms with Crippen molar-refractivity contribution in [2.45, 2.75) is 6.18 Å². The third-order valence-corrected chi connectivity index (χ3v) is 14.6. The molecular weight excluding hydrogens is 1000 g/mol. The molecule has 0 N–H and O–H groups in total. The number of halogens is 3. The third kappa shape index (κ3) is 8.22. The van der Waals surface area contributed by atoms with Crippen molar-refractivity contribution in [1.82, 2.24) is 24.1 Å². The second kappa shape index (κ2) is 19.3. The van der Waals surface area contributed by atoms with Crippen molar-refractivity contribution in [2.75, 3.05) is 0 Å². The van der Waals surface area contributed by atoms with Gasteiger partial charge in [0.05, 0.1) is 85.5 Å². The number of aromatic nitrogens is 5. The van der Waals surface area contributed by atoms with E-state index in [0.29, 0.717) is 89.8 Å². The highest BCUT2D eigenvalue weighted by Gasteiger charge is 2.33. The first-order valence-corrected chi connectivity index (χ1v) is 25.3. The second-order valence-corrected chi connectivity index (χ2v) is 19.1. The number of hydrogen-bond acceptors (Lipinski definition) is 7. The number of benzene rings is 10. The number of para-hydroxylation sites is 2. The number of rotatable bonds is 8. The van der Waals surface area contributed by atoms with Gasteiger partial charge >= 0.3 is 6.18 Å². The van der Waals surface area contributed by atoms with Crippen molar-refractivity contribution in [3.63, 3.8) is 0 Å². The number of nitriles is 4. The molecule has 10 aromatic carbocycles. The minimum absolute atomic E-state index is 0.242. The van der Waals surface area contributed by atoms with Gasteiger partial charge in [-0.3, -0.25) is 0 Å². The van der Waals surface area contributed by atoms with Crippen molar-refractivity contribution < 1.29 is 13.2 Å². The number of nitrogens with zero attached hydrogens (tertiary/aromatic N) is 9. The zero-order valence-electron chi connectivity index (χ0n) is 41.9. The smallest absolute Gasteiger partial charge is 0.309 e. The minimum Gasteiger partial charge on any atom is -0.309 e. The van der Waals surface area contributed by atoms with Crippen LogP contribution in [0.3, 0.4) is 0 Å². The van der Waals surface area contributed by atoms with Crippen LogP contribution in [0.25, 0.3) is 123 Å². The summed E-state index contributed by atoms with van der Waals surface area (Å²) >= 11 is 0. The van der Waals surface area contributed by atoms with Gasteiger partial charge in [-0.25, -0.2) is 15.0 Å². The summed E-state index contributed by atoms with van der Waals surface area (Å²) in [5.74, 6) is 1.20. The molecule has 0 amide bonds. The molecule has 0 bridgehead atoms. The molecule has 13 rings (SSSR count).